The third-order valence-corrected chi connectivity index (χ3v) is 4.38. The van der Waals surface area contributed by atoms with Gasteiger partial charge in [-0.1, -0.05) is 35.6 Å². The summed E-state index contributed by atoms with van der Waals surface area (Å²) in [6.07, 6.45) is 0. The highest BCUT2D eigenvalue weighted by atomic mass is 32.1. The lowest BCUT2D eigenvalue weighted by atomic mass is 10.1. The van der Waals surface area contributed by atoms with Crippen molar-refractivity contribution in [3.05, 3.63) is 42.2 Å². The Balaban J connectivity index is 1.99. The molecule has 4 aromatic rings. The molecule has 0 amide bonds. The van der Waals surface area contributed by atoms with Gasteiger partial charge in [-0.15, -0.1) is 10.2 Å². The monoisotopic (exact) mass is 296 g/mol. The largest absolute Gasteiger partial charge is 0.496 e. The van der Waals surface area contributed by atoms with Gasteiger partial charge in [0.05, 0.1) is 12.7 Å². The Morgan fingerprint density at radius 1 is 1.10 bits per heavy atom. The zero-order valence-electron chi connectivity index (χ0n) is 11.6. The standard InChI is InChI=1S/C15H12N4OS/c1-9-16-17-15-19(9)18-14(21-15)12-7-10-5-3-4-6-11(10)8-13(12)20-2/h3-8H,1-2H3. The molecule has 2 aromatic carbocycles. The van der Waals surface area contributed by atoms with Gasteiger partial charge in [0.2, 0.25) is 4.96 Å². The van der Waals surface area contributed by atoms with Crippen LogP contribution in [-0.2, 0) is 0 Å². The second kappa shape index (κ2) is 4.53. The van der Waals surface area contributed by atoms with Crippen LogP contribution in [0.5, 0.6) is 5.75 Å². The Kier molecular flexibility index (Phi) is 2.65. The van der Waals surface area contributed by atoms with Crippen LogP contribution in [-0.4, -0.2) is 26.9 Å². The Bertz CT molecular complexity index is 957. The fourth-order valence-corrected chi connectivity index (χ4v) is 3.28. The van der Waals surface area contributed by atoms with Crippen LogP contribution in [0.1, 0.15) is 5.82 Å². The predicted octanol–water partition coefficient (Wildman–Crippen LogP) is 3.32. The van der Waals surface area contributed by atoms with E-state index in [0.29, 0.717) is 0 Å². The van der Waals surface area contributed by atoms with Crippen molar-refractivity contribution in [3.8, 4) is 16.3 Å². The summed E-state index contributed by atoms with van der Waals surface area (Å²) in [7, 11) is 1.68. The van der Waals surface area contributed by atoms with Crippen molar-refractivity contribution in [2.75, 3.05) is 7.11 Å². The Hall–Kier alpha value is -2.47. The molecule has 0 unspecified atom stereocenters. The Morgan fingerprint density at radius 3 is 2.57 bits per heavy atom. The van der Waals surface area contributed by atoms with Crippen LogP contribution in [0.4, 0.5) is 0 Å². The quantitative estimate of drug-likeness (QED) is 0.569. The zero-order valence-corrected chi connectivity index (χ0v) is 12.4. The molecule has 0 fully saturated rings. The summed E-state index contributed by atoms with van der Waals surface area (Å²) in [5.74, 6) is 1.60. The molecule has 4 rings (SSSR count). The number of hydrogen-bond donors (Lipinski definition) is 0. The molecule has 0 saturated carbocycles. The van der Waals surface area contributed by atoms with Gasteiger partial charge >= 0.3 is 0 Å². The van der Waals surface area contributed by atoms with Gasteiger partial charge in [0.25, 0.3) is 0 Å². The molecule has 0 N–H and O–H groups in total. The van der Waals surface area contributed by atoms with Gasteiger partial charge in [0.15, 0.2) is 10.8 Å². The smallest absolute Gasteiger partial charge is 0.234 e. The molecule has 5 nitrogen and oxygen atoms in total. The summed E-state index contributed by atoms with van der Waals surface area (Å²) in [5, 5.41) is 15.9. The first-order valence-corrected chi connectivity index (χ1v) is 7.34. The number of hydrogen-bond acceptors (Lipinski definition) is 5. The highest BCUT2D eigenvalue weighted by Crippen LogP contribution is 2.36. The lowest BCUT2D eigenvalue weighted by molar-refractivity contribution is 0.417. The molecule has 0 radical (unpaired) electrons. The SMILES string of the molecule is COc1cc2ccccc2cc1-c1nn2c(C)nnc2s1. The average Bonchev–Trinajstić information content (AvgIpc) is 3.08. The lowest BCUT2D eigenvalue weighted by Gasteiger charge is -2.08. The Morgan fingerprint density at radius 2 is 1.86 bits per heavy atom. The summed E-state index contributed by atoms with van der Waals surface area (Å²) in [4.78, 5) is 0.790. The van der Waals surface area contributed by atoms with E-state index in [0.717, 1.165) is 37.9 Å². The summed E-state index contributed by atoms with van der Waals surface area (Å²) in [5.41, 5.74) is 0.978. The van der Waals surface area contributed by atoms with Crippen molar-refractivity contribution in [3.63, 3.8) is 0 Å². The van der Waals surface area contributed by atoms with Crippen molar-refractivity contribution in [1.29, 1.82) is 0 Å². The van der Waals surface area contributed by atoms with E-state index >= 15 is 0 Å². The van der Waals surface area contributed by atoms with Crippen LogP contribution < -0.4 is 4.74 Å². The summed E-state index contributed by atoms with van der Waals surface area (Å²) in [6, 6.07) is 12.4. The van der Waals surface area contributed by atoms with Crippen molar-refractivity contribution >= 4 is 27.1 Å². The maximum Gasteiger partial charge on any atom is 0.234 e. The number of aryl methyl sites for hydroxylation is 1. The van der Waals surface area contributed by atoms with Crippen molar-refractivity contribution in [1.82, 2.24) is 19.8 Å². The highest BCUT2D eigenvalue weighted by Gasteiger charge is 2.15. The van der Waals surface area contributed by atoms with E-state index in [1.54, 1.807) is 11.6 Å². The number of nitrogens with zero attached hydrogens (tertiary/aromatic N) is 4. The number of fused-ring (bicyclic) bond motifs is 2. The zero-order chi connectivity index (χ0) is 14.4. The minimum atomic E-state index is 0.784. The van der Waals surface area contributed by atoms with Crippen LogP contribution in [0.3, 0.4) is 0 Å². The van der Waals surface area contributed by atoms with E-state index in [1.165, 1.54) is 11.3 Å². The first-order chi connectivity index (χ1) is 10.3. The predicted molar refractivity (Wildman–Crippen MR) is 82.9 cm³/mol. The van der Waals surface area contributed by atoms with Crippen molar-refractivity contribution in [2.45, 2.75) is 6.92 Å². The van der Waals surface area contributed by atoms with Crippen LogP contribution >= 0.6 is 11.3 Å². The third kappa shape index (κ3) is 1.87. The van der Waals surface area contributed by atoms with Gasteiger partial charge in [-0.05, 0) is 29.8 Å². The first kappa shape index (κ1) is 12.3. The molecule has 0 saturated heterocycles. The number of rotatable bonds is 2. The molecule has 2 heterocycles. The molecular formula is C15H12N4OS. The molecule has 0 aliphatic carbocycles. The second-order valence-corrected chi connectivity index (χ2v) is 5.70. The molecule has 0 bridgehead atoms. The molecule has 104 valence electrons. The van der Waals surface area contributed by atoms with Crippen LogP contribution in [0.2, 0.25) is 0 Å². The van der Waals surface area contributed by atoms with E-state index < -0.39 is 0 Å². The number of ether oxygens (including phenoxy) is 1. The molecule has 0 aliphatic rings. The highest BCUT2D eigenvalue weighted by molar-refractivity contribution is 7.19. The summed E-state index contributed by atoms with van der Waals surface area (Å²) in [6.45, 7) is 1.89. The van der Waals surface area contributed by atoms with Crippen LogP contribution in [0.15, 0.2) is 36.4 Å². The van der Waals surface area contributed by atoms with E-state index in [4.69, 9.17) is 4.74 Å². The van der Waals surface area contributed by atoms with E-state index in [9.17, 15) is 0 Å². The van der Waals surface area contributed by atoms with Gasteiger partial charge in [-0.2, -0.15) is 9.61 Å². The van der Waals surface area contributed by atoms with Gasteiger partial charge < -0.3 is 4.74 Å². The normalized spacial score (nSPS) is 11.3. The molecule has 0 spiro atoms. The molecule has 0 aliphatic heterocycles. The van der Waals surface area contributed by atoms with Gasteiger partial charge in [0.1, 0.15) is 5.75 Å². The maximum absolute atomic E-state index is 5.53. The number of aromatic nitrogens is 4. The van der Waals surface area contributed by atoms with Gasteiger partial charge in [0, 0.05) is 0 Å². The fourth-order valence-electron chi connectivity index (χ4n) is 2.38. The van der Waals surface area contributed by atoms with Gasteiger partial charge in [-0.25, -0.2) is 0 Å². The lowest BCUT2D eigenvalue weighted by Crippen LogP contribution is -1.91. The average molecular weight is 296 g/mol. The third-order valence-electron chi connectivity index (χ3n) is 3.44. The number of benzene rings is 2. The van der Waals surface area contributed by atoms with Crippen molar-refractivity contribution in [2.24, 2.45) is 0 Å². The molecule has 0 atom stereocenters. The van der Waals surface area contributed by atoms with E-state index in [-0.39, 0.29) is 0 Å². The molecular weight excluding hydrogens is 284 g/mol. The van der Waals surface area contributed by atoms with E-state index in [2.05, 4.69) is 33.5 Å². The van der Waals surface area contributed by atoms with Gasteiger partial charge in [-0.3, -0.25) is 0 Å². The minimum absolute atomic E-state index is 0.784. The maximum atomic E-state index is 5.53. The van der Waals surface area contributed by atoms with Crippen LogP contribution in [0.25, 0.3) is 26.3 Å². The van der Waals surface area contributed by atoms with E-state index in [1.807, 2.05) is 25.1 Å². The summed E-state index contributed by atoms with van der Waals surface area (Å²) < 4.78 is 7.29. The molecule has 21 heavy (non-hydrogen) atoms. The Labute approximate surface area is 124 Å². The fraction of sp³-hybridized carbons (Fsp3) is 0.133. The number of methoxy groups -OCH3 is 1. The second-order valence-electron chi connectivity index (χ2n) is 4.75. The molecule has 6 heteroatoms. The van der Waals surface area contributed by atoms with Crippen molar-refractivity contribution < 1.29 is 4.74 Å². The first-order valence-electron chi connectivity index (χ1n) is 6.52. The van der Waals surface area contributed by atoms with Crippen LogP contribution in [0, 0.1) is 6.92 Å². The topological polar surface area (TPSA) is 52.3 Å². The molecule has 2 aromatic heterocycles. The minimum Gasteiger partial charge on any atom is -0.496 e. The summed E-state index contributed by atoms with van der Waals surface area (Å²) >= 11 is 1.51.